The number of rotatable bonds is 56. The zero-order valence-corrected chi connectivity index (χ0v) is 49.7. The molecule has 1 aliphatic heterocycles. The molecule has 11 nitrogen and oxygen atoms in total. The van der Waals surface area contributed by atoms with Crippen LogP contribution in [0.1, 0.15) is 296 Å². The van der Waals surface area contributed by atoms with E-state index in [0.717, 1.165) is 64.2 Å². The Bertz CT molecular complexity index is 1390. The van der Waals surface area contributed by atoms with Crippen molar-refractivity contribution in [2.24, 2.45) is 0 Å². The van der Waals surface area contributed by atoms with Gasteiger partial charge in [0.05, 0.1) is 25.4 Å². The first-order chi connectivity index (χ1) is 37.7. The van der Waals surface area contributed by atoms with Gasteiger partial charge in [-0.1, -0.05) is 255 Å². The van der Waals surface area contributed by atoms with Gasteiger partial charge in [0.1, 0.15) is 36.6 Å². The molecule has 452 valence electrons. The predicted octanol–water partition coefficient (Wildman–Crippen LogP) is 14.8. The van der Waals surface area contributed by atoms with Gasteiger partial charge >= 0.3 is 0 Å². The Kier molecular flexibility index (Phi) is 51.9. The topological polar surface area (TPSA) is 189 Å². The van der Waals surface area contributed by atoms with Crippen LogP contribution in [0.4, 0.5) is 0 Å². The summed E-state index contributed by atoms with van der Waals surface area (Å²) >= 11 is 0. The van der Waals surface area contributed by atoms with Crippen LogP contribution in [0.3, 0.4) is 0 Å². The van der Waals surface area contributed by atoms with E-state index in [1.807, 2.05) is 0 Å². The summed E-state index contributed by atoms with van der Waals surface area (Å²) in [4.78, 5) is 13.2. The zero-order valence-electron chi connectivity index (χ0n) is 49.7. The molecule has 0 bridgehead atoms. The van der Waals surface area contributed by atoms with Gasteiger partial charge < -0.3 is 50.5 Å². The van der Waals surface area contributed by atoms with Crippen LogP contribution >= 0.6 is 0 Å². The molecule has 77 heavy (non-hydrogen) atoms. The lowest BCUT2D eigenvalue weighted by atomic mass is 9.98. The van der Waals surface area contributed by atoms with Crippen molar-refractivity contribution < 1.29 is 50.0 Å². The number of carbonyl (C=O) groups excluding carboxylic acids is 1. The maximum Gasteiger partial charge on any atom is 0.249 e. The summed E-state index contributed by atoms with van der Waals surface area (Å²) in [6, 6.07) is -1.20. The van der Waals surface area contributed by atoms with Crippen LogP contribution in [0.15, 0.2) is 48.6 Å². The number of hydrogen-bond acceptors (Lipinski definition) is 10. The second kappa shape index (κ2) is 54.6. The lowest BCUT2D eigenvalue weighted by molar-refractivity contribution is -0.303. The molecule has 1 fully saturated rings. The molecule has 0 aromatic heterocycles. The third-order valence-corrected chi connectivity index (χ3v) is 15.6. The summed E-state index contributed by atoms with van der Waals surface area (Å²) in [5, 5.41) is 76.3. The third kappa shape index (κ3) is 42.6. The summed E-state index contributed by atoms with van der Waals surface area (Å²) < 4.78 is 11.1. The van der Waals surface area contributed by atoms with E-state index in [1.54, 1.807) is 0 Å². The van der Waals surface area contributed by atoms with Gasteiger partial charge in [-0.05, 0) is 89.9 Å². The highest BCUT2D eigenvalue weighted by Crippen LogP contribution is 2.23. The minimum Gasteiger partial charge on any atom is -0.394 e. The van der Waals surface area contributed by atoms with E-state index in [9.17, 15) is 40.5 Å². The van der Waals surface area contributed by atoms with Gasteiger partial charge in [0.15, 0.2) is 6.29 Å². The first-order valence-electron chi connectivity index (χ1n) is 32.5. The van der Waals surface area contributed by atoms with E-state index in [2.05, 4.69) is 67.8 Å². The minimum absolute atomic E-state index is 0.239. The molecule has 9 atom stereocenters. The van der Waals surface area contributed by atoms with Crippen molar-refractivity contribution in [1.29, 1.82) is 0 Å². The van der Waals surface area contributed by atoms with Crippen LogP contribution in [0.2, 0.25) is 0 Å². The molecule has 9 unspecified atom stereocenters. The summed E-state index contributed by atoms with van der Waals surface area (Å²) in [5.74, 6) is -0.715. The second-order valence-corrected chi connectivity index (χ2v) is 22.8. The van der Waals surface area contributed by atoms with Crippen molar-refractivity contribution in [2.45, 2.75) is 351 Å². The number of hydrogen-bond donors (Lipinski definition) is 8. The van der Waals surface area contributed by atoms with Gasteiger partial charge in [-0.2, -0.15) is 0 Å². The van der Waals surface area contributed by atoms with Crippen LogP contribution in [0.25, 0.3) is 0 Å². The fourth-order valence-corrected chi connectivity index (χ4v) is 10.3. The molecule has 0 saturated carbocycles. The number of unbranched alkanes of at least 4 members (excludes halogenated alkanes) is 36. The highest BCUT2D eigenvalue weighted by molar-refractivity contribution is 5.80. The van der Waals surface area contributed by atoms with E-state index in [-0.39, 0.29) is 12.8 Å². The molecule has 0 aliphatic carbocycles. The van der Waals surface area contributed by atoms with Crippen LogP contribution in [0, 0.1) is 0 Å². The predicted molar refractivity (Wildman–Crippen MR) is 321 cm³/mol. The Balaban J connectivity index is 2.30. The Hall–Kier alpha value is -1.93. The molecule has 8 N–H and O–H groups in total. The van der Waals surface area contributed by atoms with Gasteiger partial charge in [0, 0.05) is 0 Å². The van der Waals surface area contributed by atoms with Gasteiger partial charge in [-0.25, -0.2) is 0 Å². The van der Waals surface area contributed by atoms with Crippen LogP contribution in [-0.4, -0.2) is 110 Å². The number of aliphatic hydroxyl groups excluding tert-OH is 7. The molecular weight excluding hydrogens is 967 g/mol. The molecule has 0 spiro atoms. The highest BCUT2D eigenvalue weighted by Gasteiger charge is 2.44. The Morgan fingerprint density at radius 1 is 0.442 bits per heavy atom. The van der Waals surface area contributed by atoms with E-state index >= 15 is 0 Å². The summed E-state index contributed by atoms with van der Waals surface area (Å²) in [6.45, 7) is 3.47. The standard InChI is InChI=1S/C66H123NO10/c1-3-5-7-9-11-13-15-17-19-21-23-25-27-28-29-30-31-32-34-35-37-39-41-43-45-47-49-51-53-58(69)61(71)57(56-76-66-64(74)63(73)62(72)60(55-68)77-66)67-65(75)59(70)54-52-50-48-46-44-42-40-38-36-33-26-24-22-20-18-16-14-12-10-8-6-4-2/h31-32,36-39,45,47,57-64,66,68-74H,3-30,33-35,40-44,46,48-56H2,1-2H3,(H,67,75)/b32-31+,38-36-,39-37+,47-45+. The number of nitrogens with one attached hydrogen (secondary N) is 1. The zero-order chi connectivity index (χ0) is 56.1. The monoisotopic (exact) mass is 1090 g/mol. The van der Waals surface area contributed by atoms with Gasteiger partial charge in [-0.3, -0.25) is 4.79 Å². The molecule has 0 radical (unpaired) electrons. The van der Waals surface area contributed by atoms with Gasteiger partial charge in [0.25, 0.3) is 0 Å². The van der Waals surface area contributed by atoms with Gasteiger partial charge in [0.2, 0.25) is 5.91 Å². The van der Waals surface area contributed by atoms with Crippen molar-refractivity contribution in [3.05, 3.63) is 48.6 Å². The Morgan fingerprint density at radius 2 is 0.779 bits per heavy atom. The summed E-state index contributed by atoms with van der Waals surface area (Å²) in [5.41, 5.74) is 0. The quantitative estimate of drug-likeness (QED) is 0.0215. The Labute approximate surface area is 472 Å². The van der Waals surface area contributed by atoms with Crippen molar-refractivity contribution in [3.63, 3.8) is 0 Å². The summed E-state index contributed by atoms with van der Waals surface area (Å²) in [7, 11) is 0. The van der Waals surface area contributed by atoms with Crippen molar-refractivity contribution >= 4 is 5.91 Å². The number of allylic oxidation sites excluding steroid dienone is 8. The van der Waals surface area contributed by atoms with Crippen molar-refractivity contribution in [3.8, 4) is 0 Å². The lowest BCUT2D eigenvalue weighted by Crippen LogP contribution is -2.60. The minimum atomic E-state index is -1.68. The van der Waals surface area contributed by atoms with Gasteiger partial charge in [-0.15, -0.1) is 0 Å². The molecule has 1 amide bonds. The molecule has 0 aromatic rings. The largest absolute Gasteiger partial charge is 0.394 e. The maximum absolute atomic E-state index is 13.2. The molecule has 1 aliphatic rings. The number of carbonyl (C=O) groups is 1. The van der Waals surface area contributed by atoms with Crippen LogP contribution in [0.5, 0.6) is 0 Å². The first kappa shape index (κ1) is 73.1. The average Bonchev–Trinajstić information content (AvgIpc) is 3.43. The molecular formula is C66H123NO10. The number of ether oxygens (including phenoxy) is 2. The molecule has 1 rings (SSSR count). The molecule has 11 heteroatoms. The second-order valence-electron chi connectivity index (χ2n) is 22.8. The van der Waals surface area contributed by atoms with Crippen molar-refractivity contribution in [1.82, 2.24) is 5.32 Å². The lowest BCUT2D eigenvalue weighted by Gasteiger charge is -2.40. The highest BCUT2D eigenvalue weighted by atomic mass is 16.7. The normalized spacial score (nSPS) is 19.8. The fraction of sp³-hybridized carbons (Fsp3) is 0.864. The van der Waals surface area contributed by atoms with E-state index < -0.39 is 74.2 Å². The smallest absolute Gasteiger partial charge is 0.249 e. The fourth-order valence-electron chi connectivity index (χ4n) is 10.3. The van der Waals surface area contributed by atoms with E-state index in [4.69, 9.17) is 9.47 Å². The van der Waals surface area contributed by atoms with E-state index in [1.165, 1.54) is 186 Å². The first-order valence-corrected chi connectivity index (χ1v) is 32.5. The van der Waals surface area contributed by atoms with Crippen LogP contribution < -0.4 is 5.32 Å². The SMILES string of the molecule is CCCCCCCCCCCCCC/C=C\CCCCCCCCC(O)C(=O)NC(COC1OC(CO)C(O)C(O)C1O)C(O)C(O)CCC/C=C/CC/C=C/CC/C=C/CCCCCCCCCCCCCCCCC. The molecule has 0 aromatic carbocycles. The summed E-state index contributed by atoms with van der Waals surface area (Å²) in [6.07, 6.45) is 59.0. The van der Waals surface area contributed by atoms with Crippen LogP contribution in [-0.2, 0) is 14.3 Å². The van der Waals surface area contributed by atoms with Crippen molar-refractivity contribution in [2.75, 3.05) is 13.2 Å². The average molecular weight is 1090 g/mol. The number of amides is 1. The molecule has 1 heterocycles. The number of aliphatic hydroxyl groups is 7. The molecule has 1 saturated heterocycles. The maximum atomic E-state index is 13.2. The third-order valence-electron chi connectivity index (χ3n) is 15.6. The Morgan fingerprint density at radius 3 is 1.16 bits per heavy atom. The van der Waals surface area contributed by atoms with E-state index in [0.29, 0.717) is 19.3 Å².